The number of nitrogens with one attached hydrogen (secondary N) is 1. The Morgan fingerprint density at radius 1 is 1.14 bits per heavy atom. The van der Waals surface area contributed by atoms with Crippen LogP contribution in [0.3, 0.4) is 0 Å². The fourth-order valence-corrected chi connectivity index (χ4v) is 3.79. The number of hydrogen-bond acceptors (Lipinski definition) is 3. The van der Waals surface area contributed by atoms with E-state index in [4.69, 9.17) is 9.68 Å². The molecule has 1 spiro atoms. The maximum Gasteiger partial charge on any atom is 0.235 e. The third-order valence-corrected chi connectivity index (χ3v) is 4.97. The van der Waals surface area contributed by atoms with Crippen molar-refractivity contribution in [3.8, 4) is 17.2 Å². The quantitative estimate of drug-likeness (QED) is 0.864. The molecule has 0 saturated heterocycles. The Morgan fingerprint density at radius 2 is 1.95 bits per heavy atom. The Labute approximate surface area is 128 Å². The van der Waals surface area contributed by atoms with E-state index < -0.39 is 0 Å². The predicted molar refractivity (Wildman–Crippen MR) is 82.3 cm³/mol. The lowest BCUT2D eigenvalue weighted by molar-refractivity contribution is -0.121. The molecular formula is C18H16N2O2. The summed E-state index contributed by atoms with van der Waals surface area (Å²) in [5, 5.41) is 11.9. The average Bonchev–Trinajstić information content (AvgIpc) is 3.13. The molecule has 1 fully saturated rings. The fourth-order valence-electron chi connectivity index (χ4n) is 3.79. The van der Waals surface area contributed by atoms with Gasteiger partial charge >= 0.3 is 0 Å². The number of fused-ring (bicyclic) bond motifs is 2. The summed E-state index contributed by atoms with van der Waals surface area (Å²) in [5.74, 6) is 0.446. The molecule has 1 N–H and O–H groups in total. The number of rotatable bonds is 1. The van der Waals surface area contributed by atoms with Crippen molar-refractivity contribution >= 4 is 11.6 Å². The number of carbonyl (C=O) groups excluding carboxylic acids is 1. The zero-order valence-corrected chi connectivity index (χ0v) is 12.2. The maximum absolute atomic E-state index is 12.5. The molecule has 1 aliphatic heterocycles. The van der Waals surface area contributed by atoms with Gasteiger partial charge in [0.25, 0.3) is 0 Å². The molecule has 1 aliphatic carbocycles. The van der Waals surface area contributed by atoms with Gasteiger partial charge in [0.15, 0.2) is 0 Å². The lowest BCUT2D eigenvalue weighted by Crippen LogP contribution is -2.36. The monoisotopic (exact) mass is 292 g/mol. The van der Waals surface area contributed by atoms with Crippen molar-refractivity contribution in [3.05, 3.63) is 41.9 Å². The van der Waals surface area contributed by atoms with Gasteiger partial charge in [-0.1, -0.05) is 25.3 Å². The minimum atomic E-state index is -0.356. The van der Waals surface area contributed by atoms with E-state index in [9.17, 15) is 4.79 Å². The van der Waals surface area contributed by atoms with Crippen LogP contribution in [0.25, 0.3) is 11.1 Å². The van der Waals surface area contributed by atoms with Gasteiger partial charge in [0.1, 0.15) is 12.3 Å². The summed E-state index contributed by atoms with van der Waals surface area (Å²) >= 11 is 0. The molecule has 1 aromatic heterocycles. The molecule has 4 heteroatoms. The molecule has 1 amide bonds. The molecule has 1 saturated carbocycles. The standard InChI is InChI=1S/C18H16N2O2/c19-10-14-8-13(11-22-14)12-4-5-16-15(9-12)18(17(21)20-16)6-2-1-3-7-18/h4-5,8-9,11H,1-3,6-7H2,(H,20,21). The molecule has 0 radical (unpaired) electrons. The van der Waals surface area contributed by atoms with E-state index >= 15 is 0 Å². The Morgan fingerprint density at radius 3 is 2.68 bits per heavy atom. The number of hydrogen-bond donors (Lipinski definition) is 1. The first-order valence-electron chi connectivity index (χ1n) is 7.68. The molecule has 2 aliphatic rings. The highest BCUT2D eigenvalue weighted by molar-refractivity contribution is 6.06. The molecule has 2 heterocycles. The van der Waals surface area contributed by atoms with Gasteiger partial charge in [-0.25, -0.2) is 0 Å². The largest absolute Gasteiger partial charge is 0.453 e. The van der Waals surface area contributed by atoms with Gasteiger partial charge < -0.3 is 9.73 Å². The van der Waals surface area contributed by atoms with Crippen molar-refractivity contribution in [2.45, 2.75) is 37.5 Å². The van der Waals surface area contributed by atoms with Crippen LogP contribution >= 0.6 is 0 Å². The summed E-state index contributed by atoms with van der Waals surface area (Å²) in [6, 6.07) is 9.75. The highest BCUT2D eigenvalue weighted by Crippen LogP contribution is 2.48. The van der Waals surface area contributed by atoms with Crippen molar-refractivity contribution in [2.24, 2.45) is 0 Å². The van der Waals surface area contributed by atoms with Crippen LogP contribution in [-0.4, -0.2) is 5.91 Å². The molecule has 0 atom stereocenters. The third-order valence-electron chi connectivity index (χ3n) is 4.97. The van der Waals surface area contributed by atoms with E-state index in [2.05, 4.69) is 11.4 Å². The Hall–Kier alpha value is -2.54. The molecule has 4 nitrogen and oxygen atoms in total. The summed E-state index contributed by atoms with van der Waals surface area (Å²) in [5.41, 5.74) is 3.55. The summed E-state index contributed by atoms with van der Waals surface area (Å²) in [6.45, 7) is 0. The molecule has 0 unspecified atom stereocenters. The van der Waals surface area contributed by atoms with Crippen LogP contribution < -0.4 is 5.32 Å². The highest BCUT2D eigenvalue weighted by atomic mass is 16.3. The summed E-state index contributed by atoms with van der Waals surface area (Å²) in [6.07, 6.45) is 6.84. The predicted octanol–water partition coefficient (Wildman–Crippen LogP) is 3.97. The van der Waals surface area contributed by atoms with Crippen molar-refractivity contribution in [2.75, 3.05) is 5.32 Å². The minimum absolute atomic E-state index is 0.143. The number of benzene rings is 1. The van der Waals surface area contributed by atoms with Crippen LogP contribution in [0.4, 0.5) is 5.69 Å². The third kappa shape index (κ3) is 1.79. The lowest BCUT2D eigenvalue weighted by Gasteiger charge is -2.31. The zero-order valence-electron chi connectivity index (χ0n) is 12.2. The number of furan rings is 1. The van der Waals surface area contributed by atoms with Crippen LogP contribution in [-0.2, 0) is 10.2 Å². The number of carbonyl (C=O) groups is 1. The number of anilines is 1. The summed E-state index contributed by atoms with van der Waals surface area (Å²) < 4.78 is 5.20. The van der Waals surface area contributed by atoms with Crippen molar-refractivity contribution in [1.29, 1.82) is 5.26 Å². The fraction of sp³-hybridized carbons (Fsp3) is 0.333. The number of nitriles is 1. The van der Waals surface area contributed by atoms with Gasteiger partial charge in [-0.2, -0.15) is 5.26 Å². The number of amides is 1. The van der Waals surface area contributed by atoms with Crippen molar-refractivity contribution in [3.63, 3.8) is 0 Å². The first-order chi connectivity index (χ1) is 10.7. The molecular weight excluding hydrogens is 276 g/mol. The van der Waals surface area contributed by atoms with E-state index in [1.165, 1.54) is 6.42 Å². The van der Waals surface area contributed by atoms with Crippen LogP contribution in [0.2, 0.25) is 0 Å². The Kier molecular flexibility index (Phi) is 2.83. The molecule has 4 rings (SSSR count). The second kappa shape index (κ2) is 4.74. The van der Waals surface area contributed by atoms with Gasteiger partial charge in [-0.3, -0.25) is 4.79 Å². The SMILES string of the molecule is N#Cc1cc(-c2ccc3c(c2)C2(CCCCC2)C(=O)N3)co1. The first kappa shape index (κ1) is 13.1. The van der Waals surface area contributed by atoms with Gasteiger partial charge in [0.05, 0.1) is 5.41 Å². The van der Waals surface area contributed by atoms with Gasteiger partial charge in [0, 0.05) is 17.3 Å². The molecule has 1 aromatic carbocycles. The van der Waals surface area contributed by atoms with E-state index in [0.29, 0.717) is 5.76 Å². The van der Waals surface area contributed by atoms with Gasteiger partial charge in [0.2, 0.25) is 11.7 Å². The second-order valence-corrected chi connectivity index (χ2v) is 6.17. The van der Waals surface area contributed by atoms with Crippen LogP contribution in [0.5, 0.6) is 0 Å². The maximum atomic E-state index is 12.5. The molecule has 2 aromatic rings. The lowest BCUT2D eigenvalue weighted by atomic mass is 9.70. The first-order valence-corrected chi connectivity index (χ1v) is 7.68. The summed E-state index contributed by atoms with van der Waals surface area (Å²) in [7, 11) is 0. The highest BCUT2D eigenvalue weighted by Gasteiger charge is 2.47. The molecule has 22 heavy (non-hydrogen) atoms. The topological polar surface area (TPSA) is 66.0 Å². The average molecular weight is 292 g/mol. The molecule has 0 bridgehead atoms. The Bertz CT molecular complexity index is 792. The van der Waals surface area contributed by atoms with Gasteiger partial charge in [-0.15, -0.1) is 0 Å². The van der Waals surface area contributed by atoms with Gasteiger partial charge in [-0.05, 0) is 36.1 Å². The van der Waals surface area contributed by atoms with E-state index in [-0.39, 0.29) is 11.3 Å². The number of nitrogens with zero attached hydrogens (tertiary/aromatic N) is 1. The van der Waals surface area contributed by atoms with Crippen molar-refractivity contribution in [1.82, 2.24) is 0 Å². The van der Waals surface area contributed by atoms with E-state index in [0.717, 1.165) is 48.1 Å². The summed E-state index contributed by atoms with van der Waals surface area (Å²) in [4.78, 5) is 12.5. The smallest absolute Gasteiger partial charge is 0.235 e. The minimum Gasteiger partial charge on any atom is -0.453 e. The second-order valence-electron chi connectivity index (χ2n) is 6.17. The Balaban J connectivity index is 1.81. The van der Waals surface area contributed by atoms with Crippen LogP contribution in [0.1, 0.15) is 43.4 Å². The molecule has 110 valence electrons. The van der Waals surface area contributed by atoms with E-state index in [1.54, 1.807) is 12.3 Å². The normalized spacial score (nSPS) is 18.8. The van der Waals surface area contributed by atoms with Crippen LogP contribution in [0.15, 0.2) is 34.9 Å². The zero-order chi connectivity index (χ0) is 15.2. The van der Waals surface area contributed by atoms with E-state index in [1.807, 2.05) is 18.2 Å². The van der Waals surface area contributed by atoms with Crippen LogP contribution in [0, 0.1) is 11.3 Å². The van der Waals surface area contributed by atoms with Crippen molar-refractivity contribution < 1.29 is 9.21 Å².